The number of ether oxygens (including phenoxy) is 1. The van der Waals surface area contributed by atoms with Gasteiger partial charge in [0.1, 0.15) is 0 Å². The summed E-state index contributed by atoms with van der Waals surface area (Å²) < 4.78 is 5.48. The summed E-state index contributed by atoms with van der Waals surface area (Å²) in [6.45, 7) is 7.09. The quantitative estimate of drug-likeness (QED) is 0.749. The Hall–Kier alpha value is -0.650. The number of carbonyl (C=O) groups is 1. The average molecular weight is 269 g/mol. The Morgan fingerprint density at radius 1 is 1.37 bits per heavy atom. The smallest absolute Gasteiger partial charge is 0.220 e. The van der Waals surface area contributed by atoms with E-state index in [0.717, 1.165) is 45.6 Å². The zero-order chi connectivity index (χ0) is 13.7. The summed E-state index contributed by atoms with van der Waals surface area (Å²) in [5.74, 6) is 0.739. The van der Waals surface area contributed by atoms with Crippen molar-refractivity contribution in [3.8, 4) is 0 Å². The summed E-state index contributed by atoms with van der Waals surface area (Å²) in [7, 11) is 1.73. The van der Waals surface area contributed by atoms with Crippen LogP contribution in [0.15, 0.2) is 0 Å². The lowest BCUT2D eigenvalue weighted by atomic mass is 9.94. The molecule has 0 unspecified atom stereocenters. The fourth-order valence-corrected chi connectivity index (χ4v) is 3.10. The third-order valence-electron chi connectivity index (χ3n) is 4.37. The maximum Gasteiger partial charge on any atom is 0.220 e. The SMILES string of the molecule is CCN1C[C@H](NC(=O)CC2CCNCC2)[C@@H](OC)C1. The number of rotatable bonds is 5. The van der Waals surface area contributed by atoms with Crippen molar-refractivity contribution in [1.82, 2.24) is 15.5 Å². The number of hydrogen-bond acceptors (Lipinski definition) is 4. The van der Waals surface area contributed by atoms with Gasteiger partial charge in [-0.1, -0.05) is 6.92 Å². The van der Waals surface area contributed by atoms with Crippen LogP contribution in [0.5, 0.6) is 0 Å². The molecule has 110 valence electrons. The zero-order valence-corrected chi connectivity index (χ0v) is 12.2. The van der Waals surface area contributed by atoms with Gasteiger partial charge in [-0.05, 0) is 38.4 Å². The van der Waals surface area contributed by atoms with Crippen LogP contribution in [0.25, 0.3) is 0 Å². The highest BCUT2D eigenvalue weighted by molar-refractivity contribution is 5.76. The molecule has 0 spiro atoms. The molecule has 0 aromatic heterocycles. The van der Waals surface area contributed by atoms with E-state index in [9.17, 15) is 4.79 Å². The molecule has 0 saturated carbocycles. The first kappa shape index (κ1) is 14.8. The molecule has 2 saturated heterocycles. The molecule has 0 aliphatic carbocycles. The topological polar surface area (TPSA) is 53.6 Å². The lowest BCUT2D eigenvalue weighted by Crippen LogP contribution is -2.44. The minimum Gasteiger partial charge on any atom is -0.378 e. The van der Waals surface area contributed by atoms with Gasteiger partial charge in [0.25, 0.3) is 0 Å². The fourth-order valence-electron chi connectivity index (χ4n) is 3.10. The largest absolute Gasteiger partial charge is 0.378 e. The monoisotopic (exact) mass is 269 g/mol. The highest BCUT2D eigenvalue weighted by Crippen LogP contribution is 2.17. The molecule has 5 heteroatoms. The number of piperidine rings is 1. The van der Waals surface area contributed by atoms with Gasteiger partial charge < -0.3 is 15.4 Å². The summed E-state index contributed by atoms with van der Waals surface area (Å²) in [5.41, 5.74) is 0. The van der Waals surface area contributed by atoms with E-state index in [4.69, 9.17) is 4.74 Å². The van der Waals surface area contributed by atoms with Crippen molar-refractivity contribution in [1.29, 1.82) is 0 Å². The van der Waals surface area contributed by atoms with Crippen LogP contribution in [0.3, 0.4) is 0 Å². The summed E-state index contributed by atoms with van der Waals surface area (Å²) in [4.78, 5) is 14.4. The summed E-state index contributed by atoms with van der Waals surface area (Å²) >= 11 is 0. The van der Waals surface area contributed by atoms with Gasteiger partial charge in [0.2, 0.25) is 5.91 Å². The molecule has 2 aliphatic rings. The van der Waals surface area contributed by atoms with E-state index < -0.39 is 0 Å². The molecule has 2 atom stereocenters. The number of nitrogens with one attached hydrogen (secondary N) is 2. The average Bonchev–Trinajstić information content (AvgIpc) is 2.82. The molecule has 0 bridgehead atoms. The van der Waals surface area contributed by atoms with Gasteiger partial charge in [-0.15, -0.1) is 0 Å². The Labute approximate surface area is 116 Å². The number of hydrogen-bond donors (Lipinski definition) is 2. The molecular formula is C14H27N3O2. The Morgan fingerprint density at radius 3 is 2.74 bits per heavy atom. The third-order valence-corrected chi connectivity index (χ3v) is 4.37. The van der Waals surface area contributed by atoms with Gasteiger partial charge in [-0.3, -0.25) is 9.69 Å². The van der Waals surface area contributed by atoms with E-state index in [-0.39, 0.29) is 18.1 Å². The van der Waals surface area contributed by atoms with Crippen molar-refractivity contribution >= 4 is 5.91 Å². The minimum absolute atomic E-state index is 0.136. The van der Waals surface area contributed by atoms with Gasteiger partial charge >= 0.3 is 0 Å². The van der Waals surface area contributed by atoms with Gasteiger partial charge in [0, 0.05) is 26.6 Å². The number of amides is 1. The lowest BCUT2D eigenvalue weighted by Gasteiger charge is -2.24. The lowest BCUT2D eigenvalue weighted by molar-refractivity contribution is -0.123. The van der Waals surface area contributed by atoms with Crippen LogP contribution in [-0.2, 0) is 9.53 Å². The molecule has 19 heavy (non-hydrogen) atoms. The first-order valence-corrected chi connectivity index (χ1v) is 7.48. The highest BCUT2D eigenvalue weighted by atomic mass is 16.5. The van der Waals surface area contributed by atoms with Crippen LogP contribution in [0.2, 0.25) is 0 Å². The maximum absolute atomic E-state index is 12.1. The van der Waals surface area contributed by atoms with Crippen LogP contribution in [0, 0.1) is 5.92 Å². The Balaban J connectivity index is 1.77. The van der Waals surface area contributed by atoms with Crippen LogP contribution in [0.1, 0.15) is 26.2 Å². The van der Waals surface area contributed by atoms with Crippen LogP contribution >= 0.6 is 0 Å². The van der Waals surface area contributed by atoms with Crippen LogP contribution < -0.4 is 10.6 Å². The van der Waals surface area contributed by atoms with Crippen molar-refractivity contribution < 1.29 is 9.53 Å². The predicted octanol–water partition coefficient (Wildman–Crippen LogP) is 0.211. The molecule has 0 aromatic rings. The first-order valence-electron chi connectivity index (χ1n) is 7.48. The fraction of sp³-hybridized carbons (Fsp3) is 0.929. The number of nitrogens with zero attached hydrogens (tertiary/aromatic N) is 1. The van der Waals surface area contributed by atoms with Crippen molar-refractivity contribution in [2.75, 3.05) is 39.8 Å². The number of methoxy groups -OCH3 is 1. The van der Waals surface area contributed by atoms with E-state index in [1.807, 2.05) is 0 Å². The second-order valence-electron chi connectivity index (χ2n) is 5.70. The number of carbonyl (C=O) groups excluding carboxylic acids is 1. The minimum atomic E-state index is 0.136. The number of likely N-dealkylation sites (N-methyl/N-ethyl adjacent to an activating group) is 1. The van der Waals surface area contributed by atoms with E-state index in [2.05, 4.69) is 22.5 Å². The summed E-state index contributed by atoms with van der Waals surface area (Å²) in [6.07, 6.45) is 3.04. The van der Waals surface area contributed by atoms with E-state index in [1.165, 1.54) is 0 Å². The van der Waals surface area contributed by atoms with E-state index >= 15 is 0 Å². The van der Waals surface area contributed by atoms with Gasteiger partial charge in [-0.2, -0.15) is 0 Å². The van der Waals surface area contributed by atoms with Crippen molar-refractivity contribution in [2.45, 2.75) is 38.3 Å². The normalized spacial score (nSPS) is 29.6. The molecular weight excluding hydrogens is 242 g/mol. The predicted molar refractivity (Wildman–Crippen MR) is 75.1 cm³/mol. The Bertz CT molecular complexity index is 292. The van der Waals surface area contributed by atoms with Crippen LogP contribution in [-0.4, -0.2) is 62.8 Å². The zero-order valence-electron chi connectivity index (χ0n) is 12.2. The molecule has 0 radical (unpaired) electrons. The Kier molecular flexibility index (Phi) is 5.60. The van der Waals surface area contributed by atoms with Crippen molar-refractivity contribution in [2.24, 2.45) is 5.92 Å². The van der Waals surface area contributed by atoms with Crippen molar-refractivity contribution in [3.05, 3.63) is 0 Å². The Morgan fingerprint density at radius 2 is 2.11 bits per heavy atom. The second-order valence-corrected chi connectivity index (χ2v) is 5.70. The molecule has 2 N–H and O–H groups in total. The molecule has 2 aliphatic heterocycles. The van der Waals surface area contributed by atoms with Crippen LogP contribution in [0.4, 0.5) is 0 Å². The maximum atomic E-state index is 12.1. The molecule has 2 heterocycles. The van der Waals surface area contributed by atoms with Gasteiger partial charge in [-0.25, -0.2) is 0 Å². The second kappa shape index (κ2) is 7.22. The number of likely N-dealkylation sites (tertiary alicyclic amines) is 1. The summed E-state index contributed by atoms with van der Waals surface area (Å²) in [6, 6.07) is 0.152. The molecule has 2 fully saturated rings. The molecule has 1 amide bonds. The molecule has 5 nitrogen and oxygen atoms in total. The van der Waals surface area contributed by atoms with Gasteiger partial charge in [0.05, 0.1) is 12.1 Å². The standard InChI is InChI=1S/C14H27N3O2/c1-3-17-9-12(13(10-17)19-2)16-14(18)8-11-4-6-15-7-5-11/h11-13,15H,3-10H2,1-2H3,(H,16,18)/t12-,13-/m0/s1. The molecule has 2 rings (SSSR count). The van der Waals surface area contributed by atoms with E-state index in [1.54, 1.807) is 7.11 Å². The van der Waals surface area contributed by atoms with E-state index in [0.29, 0.717) is 12.3 Å². The summed E-state index contributed by atoms with van der Waals surface area (Å²) in [5, 5.41) is 6.50. The van der Waals surface area contributed by atoms with Crippen molar-refractivity contribution in [3.63, 3.8) is 0 Å². The van der Waals surface area contributed by atoms with Gasteiger partial charge in [0.15, 0.2) is 0 Å². The highest BCUT2D eigenvalue weighted by Gasteiger charge is 2.33. The first-order chi connectivity index (χ1) is 9.22. The third kappa shape index (κ3) is 4.16. The molecule has 0 aromatic carbocycles.